The van der Waals surface area contributed by atoms with Crippen molar-refractivity contribution < 1.29 is 0 Å². The number of aromatic nitrogens is 1. The van der Waals surface area contributed by atoms with Crippen LogP contribution >= 0.6 is 0 Å². The number of nitrogens with zero attached hydrogens (tertiary/aromatic N) is 1. The average molecular weight is 234 g/mol. The zero-order chi connectivity index (χ0) is 12.3. The van der Waals surface area contributed by atoms with Gasteiger partial charge in [0.1, 0.15) is 0 Å². The molecule has 1 saturated heterocycles. The first-order valence-electron chi connectivity index (χ1n) is 6.65. The predicted molar refractivity (Wildman–Crippen MR) is 70.3 cm³/mol. The van der Waals surface area contributed by atoms with Gasteiger partial charge in [-0.05, 0) is 50.9 Å². The van der Waals surface area contributed by atoms with E-state index in [9.17, 15) is 4.79 Å². The van der Waals surface area contributed by atoms with E-state index in [4.69, 9.17) is 0 Å². The van der Waals surface area contributed by atoms with Gasteiger partial charge in [-0.15, -0.1) is 0 Å². The zero-order valence-corrected chi connectivity index (χ0v) is 10.8. The van der Waals surface area contributed by atoms with Crippen LogP contribution in [0, 0.1) is 6.92 Å². The van der Waals surface area contributed by atoms with Crippen LogP contribution in [0.15, 0.2) is 17.1 Å². The Hall–Kier alpha value is -1.09. The van der Waals surface area contributed by atoms with Gasteiger partial charge in [-0.1, -0.05) is 13.3 Å². The molecule has 0 bridgehead atoms. The van der Waals surface area contributed by atoms with Crippen molar-refractivity contribution in [1.82, 2.24) is 9.88 Å². The van der Waals surface area contributed by atoms with Gasteiger partial charge in [-0.3, -0.25) is 9.69 Å². The second kappa shape index (κ2) is 5.50. The fraction of sp³-hybridized carbons (Fsp3) is 0.643. The first-order valence-corrected chi connectivity index (χ1v) is 6.65. The Bertz CT molecular complexity index is 424. The van der Waals surface area contributed by atoms with Crippen LogP contribution in [0.4, 0.5) is 0 Å². The maximum absolute atomic E-state index is 11.4. The molecule has 1 fully saturated rings. The minimum Gasteiger partial charge on any atom is -0.329 e. The molecule has 3 nitrogen and oxygen atoms in total. The molecule has 94 valence electrons. The molecule has 0 spiro atoms. The quantitative estimate of drug-likeness (QED) is 0.869. The summed E-state index contributed by atoms with van der Waals surface area (Å²) in [5.74, 6) is 0. The molecule has 1 atom stereocenters. The lowest BCUT2D eigenvalue weighted by Gasteiger charge is -2.24. The van der Waals surface area contributed by atoms with E-state index in [2.05, 4.69) is 16.8 Å². The number of aryl methyl sites for hydroxylation is 1. The number of hydrogen-bond acceptors (Lipinski definition) is 2. The molecule has 2 rings (SSSR count). The summed E-state index contributed by atoms with van der Waals surface area (Å²) in [5.41, 5.74) is 2.13. The van der Waals surface area contributed by atoms with Crippen LogP contribution in [0.1, 0.15) is 49.8 Å². The molecule has 0 saturated carbocycles. The van der Waals surface area contributed by atoms with Crippen LogP contribution in [-0.4, -0.2) is 23.0 Å². The minimum absolute atomic E-state index is 0.0341. The van der Waals surface area contributed by atoms with Crippen LogP contribution in [0.5, 0.6) is 0 Å². The van der Waals surface area contributed by atoms with Crippen molar-refractivity contribution in [3.8, 4) is 0 Å². The van der Waals surface area contributed by atoms with Crippen LogP contribution in [0.25, 0.3) is 0 Å². The van der Waals surface area contributed by atoms with Crippen molar-refractivity contribution in [2.24, 2.45) is 0 Å². The molecule has 0 radical (unpaired) electrons. The van der Waals surface area contributed by atoms with Crippen molar-refractivity contribution in [3.05, 3.63) is 33.7 Å². The molecule has 17 heavy (non-hydrogen) atoms. The first kappa shape index (κ1) is 12.4. The minimum atomic E-state index is 0.0341. The zero-order valence-electron chi connectivity index (χ0n) is 10.8. The van der Waals surface area contributed by atoms with Crippen LogP contribution in [-0.2, 0) is 0 Å². The molecule has 0 aromatic carbocycles. The Morgan fingerprint density at radius 1 is 1.53 bits per heavy atom. The van der Waals surface area contributed by atoms with Gasteiger partial charge in [0.25, 0.3) is 5.56 Å². The molecule has 1 aromatic rings. The van der Waals surface area contributed by atoms with E-state index in [-0.39, 0.29) is 5.56 Å². The van der Waals surface area contributed by atoms with E-state index in [0.717, 1.165) is 5.56 Å². The Morgan fingerprint density at radius 3 is 3.06 bits per heavy atom. The third-order valence-corrected chi connectivity index (χ3v) is 3.66. The summed E-state index contributed by atoms with van der Waals surface area (Å²) < 4.78 is 0. The lowest BCUT2D eigenvalue weighted by atomic mass is 10.0. The lowest BCUT2D eigenvalue weighted by Crippen LogP contribution is -2.25. The van der Waals surface area contributed by atoms with Gasteiger partial charge in [0.2, 0.25) is 0 Å². The van der Waals surface area contributed by atoms with Gasteiger partial charge in [-0.2, -0.15) is 0 Å². The highest BCUT2D eigenvalue weighted by atomic mass is 16.1. The number of rotatable bonds is 4. The molecule has 1 N–H and O–H groups in total. The number of hydrogen-bond donors (Lipinski definition) is 1. The summed E-state index contributed by atoms with van der Waals surface area (Å²) in [6.45, 7) is 6.49. The number of likely N-dealkylation sites (tertiary alicyclic amines) is 1. The second-order valence-corrected chi connectivity index (χ2v) is 4.99. The van der Waals surface area contributed by atoms with Gasteiger partial charge >= 0.3 is 0 Å². The summed E-state index contributed by atoms with van der Waals surface area (Å²) in [4.78, 5) is 16.8. The van der Waals surface area contributed by atoms with Crippen molar-refractivity contribution in [3.63, 3.8) is 0 Å². The normalized spacial score (nSPS) is 20.9. The highest BCUT2D eigenvalue weighted by Gasteiger charge is 2.25. The second-order valence-electron chi connectivity index (χ2n) is 4.99. The molecule has 3 heteroatoms. The van der Waals surface area contributed by atoms with Gasteiger partial charge in [0.15, 0.2) is 0 Å². The molecule has 0 amide bonds. The lowest BCUT2D eigenvalue weighted by molar-refractivity contribution is 0.253. The maximum atomic E-state index is 11.4. The third-order valence-electron chi connectivity index (χ3n) is 3.66. The maximum Gasteiger partial charge on any atom is 0.250 e. The third kappa shape index (κ3) is 2.78. The summed E-state index contributed by atoms with van der Waals surface area (Å²) in [7, 11) is 0. The van der Waals surface area contributed by atoms with Crippen LogP contribution in [0.2, 0.25) is 0 Å². The smallest absolute Gasteiger partial charge is 0.250 e. The Morgan fingerprint density at radius 2 is 2.35 bits per heavy atom. The van der Waals surface area contributed by atoms with Gasteiger partial charge in [0.05, 0.1) is 0 Å². The van der Waals surface area contributed by atoms with Crippen molar-refractivity contribution in [2.45, 2.75) is 45.6 Å². The summed E-state index contributed by atoms with van der Waals surface area (Å²) in [6, 6.07) is 2.56. The van der Waals surface area contributed by atoms with E-state index >= 15 is 0 Å². The molecule has 1 aliphatic heterocycles. The summed E-state index contributed by atoms with van der Waals surface area (Å²) in [6.07, 6.45) is 6.89. The largest absolute Gasteiger partial charge is 0.329 e. The van der Waals surface area contributed by atoms with E-state index in [1.807, 2.05) is 19.2 Å². The van der Waals surface area contributed by atoms with Crippen LogP contribution in [0.3, 0.4) is 0 Å². The predicted octanol–water partition coefficient (Wildman–Crippen LogP) is 2.62. The molecule has 0 unspecified atom stereocenters. The number of pyridine rings is 1. The standard InChI is InChI=1S/C14H22N2O/c1-3-4-7-16-8-5-6-13(16)12-9-11(2)14(17)15-10-12/h9-10,13H,3-8H2,1-2H3,(H,15,17)/t13-/m0/s1. The molecular weight excluding hydrogens is 212 g/mol. The van der Waals surface area contributed by atoms with Gasteiger partial charge < -0.3 is 4.98 Å². The Labute approximate surface area is 103 Å². The van der Waals surface area contributed by atoms with E-state index < -0.39 is 0 Å². The van der Waals surface area contributed by atoms with Gasteiger partial charge in [0, 0.05) is 17.8 Å². The molecule has 2 heterocycles. The fourth-order valence-corrected chi connectivity index (χ4v) is 2.64. The number of H-pyrrole nitrogens is 1. The van der Waals surface area contributed by atoms with E-state index in [1.54, 1.807) is 0 Å². The number of nitrogens with one attached hydrogen (secondary N) is 1. The number of aromatic amines is 1. The Balaban J connectivity index is 2.14. The fourth-order valence-electron chi connectivity index (χ4n) is 2.64. The highest BCUT2D eigenvalue weighted by Crippen LogP contribution is 2.31. The highest BCUT2D eigenvalue weighted by molar-refractivity contribution is 5.21. The van der Waals surface area contributed by atoms with Crippen molar-refractivity contribution >= 4 is 0 Å². The molecular formula is C14H22N2O. The SMILES string of the molecule is CCCCN1CCC[C@H]1c1c[nH]c(=O)c(C)c1. The van der Waals surface area contributed by atoms with Crippen molar-refractivity contribution in [2.75, 3.05) is 13.1 Å². The Kier molecular flexibility index (Phi) is 4.00. The average Bonchev–Trinajstić information content (AvgIpc) is 2.78. The van der Waals surface area contributed by atoms with Gasteiger partial charge in [-0.25, -0.2) is 0 Å². The molecule has 1 aromatic heterocycles. The monoisotopic (exact) mass is 234 g/mol. The first-order chi connectivity index (χ1) is 8.22. The topological polar surface area (TPSA) is 36.1 Å². The summed E-state index contributed by atoms with van der Waals surface area (Å²) >= 11 is 0. The molecule has 1 aliphatic rings. The van der Waals surface area contributed by atoms with E-state index in [1.165, 1.54) is 44.3 Å². The summed E-state index contributed by atoms with van der Waals surface area (Å²) in [5, 5.41) is 0. The number of unbranched alkanes of at least 4 members (excludes halogenated alkanes) is 1. The van der Waals surface area contributed by atoms with Crippen molar-refractivity contribution in [1.29, 1.82) is 0 Å². The van der Waals surface area contributed by atoms with Crippen LogP contribution < -0.4 is 5.56 Å². The molecule has 0 aliphatic carbocycles. The van der Waals surface area contributed by atoms with E-state index in [0.29, 0.717) is 6.04 Å².